The number of nitrogens with one attached hydrogen (secondary N) is 1. The molecule has 0 spiro atoms. The summed E-state index contributed by atoms with van der Waals surface area (Å²) in [6, 6.07) is 12.8. The van der Waals surface area contributed by atoms with Gasteiger partial charge in [-0.3, -0.25) is 4.79 Å². The quantitative estimate of drug-likeness (QED) is 0.745. The van der Waals surface area contributed by atoms with E-state index in [1.165, 1.54) is 11.6 Å². The maximum atomic E-state index is 13.6. The van der Waals surface area contributed by atoms with Gasteiger partial charge in [-0.05, 0) is 48.2 Å². The van der Waals surface area contributed by atoms with Crippen molar-refractivity contribution in [3.63, 3.8) is 0 Å². The maximum absolute atomic E-state index is 13.6. The fourth-order valence-corrected chi connectivity index (χ4v) is 3.58. The largest absolute Gasteiger partial charge is 0.361 e. The second kappa shape index (κ2) is 6.79. The molecule has 3 aromatic rings. The number of aromatic nitrogens is 1. The van der Waals surface area contributed by atoms with Gasteiger partial charge < -0.3 is 9.88 Å². The molecule has 0 radical (unpaired) electrons. The van der Waals surface area contributed by atoms with E-state index in [1.807, 2.05) is 42.3 Å². The standard InChI is InChI=1S/C22H21FN2O/c1-15-4-2-3-5-17(15)12-22(26)25-10-8-16(9-11-25)20-14-24-21-7-6-18(23)13-19(20)21/h2-8,13-14,24H,9-12H2,1H3. The summed E-state index contributed by atoms with van der Waals surface area (Å²) < 4.78 is 13.6. The summed E-state index contributed by atoms with van der Waals surface area (Å²) in [6.07, 6.45) is 5.24. The molecule has 0 atom stereocenters. The number of hydrogen-bond donors (Lipinski definition) is 1. The molecule has 0 saturated heterocycles. The SMILES string of the molecule is Cc1ccccc1CC(=O)N1CC=C(c2c[nH]c3ccc(F)cc23)CC1. The fourth-order valence-electron chi connectivity index (χ4n) is 3.58. The Balaban J connectivity index is 1.50. The highest BCUT2D eigenvalue weighted by Gasteiger charge is 2.20. The van der Waals surface area contributed by atoms with Crippen molar-refractivity contribution in [1.29, 1.82) is 0 Å². The lowest BCUT2D eigenvalue weighted by Gasteiger charge is -2.27. The minimum atomic E-state index is -0.232. The Morgan fingerprint density at radius 2 is 2.08 bits per heavy atom. The van der Waals surface area contributed by atoms with Crippen LogP contribution in [0, 0.1) is 12.7 Å². The third-order valence-corrected chi connectivity index (χ3v) is 5.15. The molecular weight excluding hydrogens is 327 g/mol. The summed E-state index contributed by atoms with van der Waals surface area (Å²) in [5, 5.41) is 0.899. The third-order valence-electron chi connectivity index (χ3n) is 5.15. The molecular formula is C22H21FN2O. The van der Waals surface area contributed by atoms with Gasteiger partial charge in [-0.1, -0.05) is 30.3 Å². The van der Waals surface area contributed by atoms with Gasteiger partial charge in [-0.15, -0.1) is 0 Å². The Morgan fingerprint density at radius 1 is 1.23 bits per heavy atom. The molecule has 132 valence electrons. The molecule has 1 amide bonds. The zero-order valence-corrected chi connectivity index (χ0v) is 14.8. The monoisotopic (exact) mass is 348 g/mol. The summed E-state index contributed by atoms with van der Waals surface area (Å²) >= 11 is 0. The molecule has 4 heteroatoms. The summed E-state index contributed by atoms with van der Waals surface area (Å²) in [5.74, 6) is -0.0793. The zero-order valence-electron chi connectivity index (χ0n) is 14.8. The molecule has 4 rings (SSSR count). The second-order valence-electron chi connectivity index (χ2n) is 6.81. The first kappa shape index (κ1) is 16.6. The molecule has 1 N–H and O–H groups in total. The molecule has 2 aromatic carbocycles. The van der Waals surface area contributed by atoms with Gasteiger partial charge in [0.1, 0.15) is 5.82 Å². The van der Waals surface area contributed by atoms with Crippen molar-refractivity contribution >= 4 is 22.4 Å². The molecule has 3 nitrogen and oxygen atoms in total. The van der Waals surface area contributed by atoms with Crippen LogP contribution in [0.15, 0.2) is 54.7 Å². The van der Waals surface area contributed by atoms with Crippen molar-refractivity contribution in [3.8, 4) is 0 Å². The van der Waals surface area contributed by atoms with Crippen LogP contribution in [0.3, 0.4) is 0 Å². The van der Waals surface area contributed by atoms with Crippen molar-refractivity contribution in [2.45, 2.75) is 19.8 Å². The highest BCUT2D eigenvalue weighted by atomic mass is 19.1. The number of fused-ring (bicyclic) bond motifs is 1. The lowest BCUT2D eigenvalue weighted by Crippen LogP contribution is -2.35. The Hall–Kier alpha value is -2.88. The van der Waals surface area contributed by atoms with Crippen molar-refractivity contribution in [2.75, 3.05) is 13.1 Å². The number of aryl methyl sites for hydroxylation is 1. The number of halogens is 1. The first-order chi connectivity index (χ1) is 12.6. The van der Waals surface area contributed by atoms with Crippen LogP contribution in [0.1, 0.15) is 23.1 Å². The van der Waals surface area contributed by atoms with Gasteiger partial charge in [0.25, 0.3) is 0 Å². The van der Waals surface area contributed by atoms with Crippen LogP contribution < -0.4 is 0 Å². The average Bonchev–Trinajstić information content (AvgIpc) is 3.06. The highest BCUT2D eigenvalue weighted by Crippen LogP contribution is 2.30. The number of hydrogen-bond acceptors (Lipinski definition) is 1. The van der Waals surface area contributed by atoms with E-state index in [4.69, 9.17) is 0 Å². The molecule has 26 heavy (non-hydrogen) atoms. The number of rotatable bonds is 3. The summed E-state index contributed by atoms with van der Waals surface area (Å²) in [5.41, 5.74) is 5.36. The Labute approximate surface area is 152 Å². The molecule has 1 aliphatic rings. The van der Waals surface area contributed by atoms with Crippen LogP contribution in [0.25, 0.3) is 16.5 Å². The van der Waals surface area contributed by atoms with E-state index in [1.54, 1.807) is 12.1 Å². The van der Waals surface area contributed by atoms with Crippen LogP contribution in [0.2, 0.25) is 0 Å². The van der Waals surface area contributed by atoms with Crippen molar-refractivity contribution in [2.24, 2.45) is 0 Å². The minimum absolute atomic E-state index is 0.152. The Kier molecular flexibility index (Phi) is 4.33. The molecule has 1 aliphatic heterocycles. The van der Waals surface area contributed by atoms with E-state index in [0.29, 0.717) is 19.5 Å². The van der Waals surface area contributed by atoms with Crippen LogP contribution in [-0.4, -0.2) is 28.9 Å². The summed E-state index contributed by atoms with van der Waals surface area (Å²) in [6.45, 7) is 3.33. The van der Waals surface area contributed by atoms with Gasteiger partial charge in [0.2, 0.25) is 5.91 Å². The van der Waals surface area contributed by atoms with E-state index in [9.17, 15) is 9.18 Å². The minimum Gasteiger partial charge on any atom is -0.361 e. The number of benzene rings is 2. The van der Waals surface area contributed by atoms with Crippen molar-refractivity contribution < 1.29 is 9.18 Å². The number of aromatic amines is 1. The third kappa shape index (κ3) is 3.15. The number of carbonyl (C=O) groups is 1. The second-order valence-corrected chi connectivity index (χ2v) is 6.81. The lowest BCUT2D eigenvalue weighted by atomic mass is 9.98. The number of H-pyrrole nitrogens is 1. The fraction of sp³-hybridized carbons (Fsp3) is 0.227. The van der Waals surface area contributed by atoms with Crippen molar-refractivity contribution in [3.05, 3.63) is 77.2 Å². The van der Waals surface area contributed by atoms with E-state index in [2.05, 4.69) is 11.1 Å². The predicted octanol–water partition coefficient (Wildman–Crippen LogP) is 4.47. The Bertz CT molecular complexity index is 1000. The van der Waals surface area contributed by atoms with Crippen LogP contribution in [-0.2, 0) is 11.2 Å². The van der Waals surface area contributed by atoms with Gasteiger partial charge >= 0.3 is 0 Å². The molecule has 0 unspecified atom stereocenters. The van der Waals surface area contributed by atoms with Gasteiger partial charge in [0, 0.05) is 35.8 Å². The van der Waals surface area contributed by atoms with Crippen molar-refractivity contribution in [1.82, 2.24) is 9.88 Å². The number of nitrogens with zero attached hydrogens (tertiary/aromatic N) is 1. The lowest BCUT2D eigenvalue weighted by molar-refractivity contribution is -0.130. The van der Waals surface area contributed by atoms with Gasteiger partial charge in [0.05, 0.1) is 6.42 Å². The van der Waals surface area contributed by atoms with E-state index >= 15 is 0 Å². The van der Waals surface area contributed by atoms with Crippen LogP contribution in [0.4, 0.5) is 4.39 Å². The molecule has 0 bridgehead atoms. The van der Waals surface area contributed by atoms with Crippen LogP contribution in [0.5, 0.6) is 0 Å². The first-order valence-corrected chi connectivity index (χ1v) is 8.90. The van der Waals surface area contributed by atoms with Gasteiger partial charge in [-0.25, -0.2) is 4.39 Å². The summed E-state index contributed by atoms with van der Waals surface area (Å²) in [7, 11) is 0. The Morgan fingerprint density at radius 3 is 2.85 bits per heavy atom. The first-order valence-electron chi connectivity index (χ1n) is 8.90. The number of carbonyl (C=O) groups excluding carboxylic acids is 1. The molecule has 0 saturated carbocycles. The zero-order chi connectivity index (χ0) is 18.1. The normalized spacial score (nSPS) is 14.5. The highest BCUT2D eigenvalue weighted by molar-refractivity contribution is 5.93. The van der Waals surface area contributed by atoms with E-state index < -0.39 is 0 Å². The topological polar surface area (TPSA) is 36.1 Å². The average molecular weight is 348 g/mol. The summed E-state index contributed by atoms with van der Waals surface area (Å²) in [4.78, 5) is 17.7. The molecule has 2 heterocycles. The molecule has 0 fully saturated rings. The van der Waals surface area contributed by atoms with Gasteiger partial charge in [-0.2, -0.15) is 0 Å². The maximum Gasteiger partial charge on any atom is 0.227 e. The van der Waals surface area contributed by atoms with E-state index in [-0.39, 0.29) is 11.7 Å². The number of amides is 1. The van der Waals surface area contributed by atoms with Gasteiger partial charge in [0.15, 0.2) is 0 Å². The smallest absolute Gasteiger partial charge is 0.227 e. The van der Waals surface area contributed by atoms with Crippen LogP contribution >= 0.6 is 0 Å². The van der Waals surface area contributed by atoms with E-state index in [0.717, 1.165) is 34.0 Å². The molecule has 0 aliphatic carbocycles. The predicted molar refractivity (Wildman–Crippen MR) is 102 cm³/mol. The molecule has 1 aromatic heterocycles.